The highest BCUT2D eigenvalue weighted by atomic mass is 79.9. The first-order valence-corrected chi connectivity index (χ1v) is 6.46. The molecule has 3 heteroatoms. The van der Waals surface area contributed by atoms with Gasteiger partial charge in [0.1, 0.15) is 0 Å². The van der Waals surface area contributed by atoms with Gasteiger partial charge in [0.2, 0.25) is 0 Å². The molecule has 11 heavy (non-hydrogen) atoms. The van der Waals surface area contributed by atoms with Crippen molar-refractivity contribution in [3.63, 3.8) is 0 Å². The molecule has 68 valence electrons. The van der Waals surface area contributed by atoms with Crippen LogP contribution in [0.25, 0.3) is 0 Å². The number of hydrogen-bond donors (Lipinski definition) is 1. The zero-order valence-electron chi connectivity index (χ0n) is 7.40. The minimum Gasteiger partial charge on any atom is -0.313 e. The Kier molecular flexibility index (Phi) is 9.52. The second-order valence-corrected chi connectivity index (χ2v) is 4.60. The van der Waals surface area contributed by atoms with Gasteiger partial charge in [-0.25, -0.2) is 0 Å². The maximum absolute atomic E-state index is 3.43. The van der Waals surface area contributed by atoms with Crippen molar-refractivity contribution >= 4 is 27.7 Å². The van der Waals surface area contributed by atoms with Gasteiger partial charge in [-0.15, -0.1) is 0 Å². The molecule has 0 aliphatic rings. The molecule has 1 unspecified atom stereocenters. The Morgan fingerprint density at radius 3 is 2.82 bits per heavy atom. The van der Waals surface area contributed by atoms with Crippen LogP contribution >= 0.6 is 27.7 Å². The fraction of sp³-hybridized carbons (Fsp3) is 1.00. The van der Waals surface area contributed by atoms with Crippen LogP contribution in [0.15, 0.2) is 0 Å². The summed E-state index contributed by atoms with van der Waals surface area (Å²) in [5, 5.41) is 4.48. The smallest absolute Gasteiger partial charge is 0.0183 e. The molecule has 0 aliphatic carbocycles. The Morgan fingerprint density at radius 2 is 2.27 bits per heavy atom. The van der Waals surface area contributed by atoms with E-state index in [2.05, 4.69) is 35.1 Å². The first kappa shape index (κ1) is 11.8. The van der Waals surface area contributed by atoms with E-state index in [0.29, 0.717) is 6.04 Å². The maximum Gasteiger partial charge on any atom is 0.0183 e. The Morgan fingerprint density at radius 1 is 1.55 bits per heavy atom. The number of thioether (sulfide) groups is 1. The third kappa shape index (κ3) is 8.70. The average Bonchev–Trinajstić information content (AvgIpc) is 2.04. The summed E-state index contributed by atoms with van der Waals surface area (Å²) in [6, 6.07) is 0.613. The molecule has 0 rings (SSSR count). The predicted molar refractivity (Wildman–Crippen MR) is 58.9 cm³/mol. The van der Waals surface area contributed by atoms with Crippen LogP contribution in [-0.4, -0.2) is 29.4 Å². The summed E-state index contributed by atoms with van der Waals surface area (Å²) in [4.78, 5) is 0. The monoisotopic (exact) mass is 239 g/mol. The summed E-state index contributed by atoms with van der Waals surface area (Å²) in [7, 11) is 0. The van der Waals surface area contributed by atoms with Crippen LogP contribution in [0.2, 0.25) is 0 Å². The summed E-state index contributed by atoms with van der Waals surface area (Å²) in [6.45, 7) is 5.56. The Hall–Kier alpha value is 0.790. The molecule has 0 heterocycles. The minimum absolute atomic E-state index is 0.613. The second kappa shape index (κ2) is 8.88. The van der Waals surface area contributed by atoms with E-state index in [1.165, 1.54) is 17.9 Å². The molecular weight excluding hydrogens is 222 g/mol. The molecule has 0 amide bonds. The maximum atomic E-state index is 3.43. The number of rotatable bonds is 7. The lowest BCUT2D eigenvalue weighted by molar-refractivity contribution is 0.595. The molecule has 0 aromatic heterocycles. The van der Waals surface area contributed by atoms with Gasteiger partial charge in [0, 0.05) is 11.4 Å². The zero-order chi connectivity index (χ0) is 8.53. The average molecular weight is 240 g/mol. The number of nitrogens with one attached hydrogen (secondary N) is 1. The molecule has 0 aromatic carbocycles. The van der Waals surface area contributed by atoms with Gasteiger partial charge in [-0.2, -0.15) is 11.8 Å². The molecule has 0 spiro atoms. The van der Waals surface area contributed by atoms with Crippen molar-refractivity contribution < 1.29 is 0 Å². The van der Waals surface area contributed by atoms with Crippen LogP contribution in [0, 0.1) is 0 Å². The third-order valence-corrected chi connectivity index (χ3v) is 3.35. The van der Waals surface area contributed by atoms with Gasteiger partial charge in [0.05, 0.1) is 0 Å². The largest absolute Gasteiger partial charge is 0.313 e. The van der Waals surface area contributed by atoms with Crippen LogP contribution < -0.4 is 5.32 Å². The van der Waals surface area contributed by atoms with Crippen LogP contribution in [-0.2, 0) is 0 Å². The van der Waals surface area contributed by atoms with Gasteiger partial charge in [-0.05, 0) is 31.4 Å². The lowest BCUT2D eigenvalue weighted by atomic mass is 10.4. The Labute approximate surface area is 82.8 Å². The summed E-state index contributed by atoms with van der Waals surface area (Å²) in [5.41, 5.74) is 0. The summed E-state index contributed by atoms with van der Waals surface area (Å²) < 4.78 is 0. The molecular formula is C8H18BrNS. The van der Waals surface area contributed by atoms with E-state index < -0.39 is 0 Å². The Balaban J connectivity index is 2.89. The SMILES string of the molecule is CCSCCCNC(C)CBr. The number of hydrogen-bond acceptors (Lipinski definition) is 2. The van der Waals surface area contributed by atoms with Gasteiger partial charge in [0.25, 0.3) is 0 Å². The van der Waals surface area contributed by atoms with Crippen molar-refractivity contribution in [1.82, 2.24) is 5.32 Å². The highest BCUT2D eigenvalue weighted by Crippen LogP contribution is 1.99. The fourth-order valence-corrected chi connectivity index (χ4v) is 1.59. The second-order valence-electron chi connectivity index (χ2n) is 2.56. The summed E-state index contributed by atoms with van der Waals surface area (Å²) in [5.74, 6) is 2.53. The van der Waals surface area contributed by atoms with Crippen molar-refractivity contribution in [2.45, 2.75) is 26.3 Å². The highest BCUT2D eigenvalue weighted by Gasteiger charge is 1.95. The van der Waals surface area contributed by atoms with Crippen molar-refractivity contribution in [3.8, 4) is 0 Å². The summed E-state index contributed by atoms with van der Waals surface area (Å²) in [6.07, 6.45) is 1.29. The van der Waals surface area contributed by atoms with E-state index in [1.54, 1.807) is 0 Å². The van der Waals surface area contributed by atoms with Crippen LogP contribution in [0.3, 0.4) is 0 Å². The van der Waals surface area contributed by atoms with E-state index in [9.17, 15) is 0 Å². The van der Waals surface area contributed by atoms with E-state index in [0.717, 1.165) is 11.9 Å². The molecule has 0 aromatic rings. The number of alkyl halides is 1. The fourth-order valence-electron chi connectivity index (χ4n) is 0.722. The van der Waals surface area contributed by atoms with Crippen molar-refractivity contribution in [2.24, 2.45) is 0 Å². The van der Waals surface area contributed by atoms with Crippen LogP contribution in [0.4, 0.5) is 0 Å². The molecule has 1 atom stereocenters. The summed E-state index contributed by atoms with van der Waals surface area (Å²) >= 11 is 5.45. The molecule has 0 radical (unpaired) electrons. The quantitative estimate of drug-likeness (QED) is 0.542. The standard InChI is InChI=1S/C8H18BrNS/c1-3-11-6-4-5-10-8(2)7-9/h8,10H,3-7H2,1-2H3. The van der Waals surface area contributed by atoms with Gasteiger partial charge in [-0.3, -0.25) is 0 Å². The molecule has 1 N–H and O–H groups in total. The lowest BCUT2D eigenvalue weighted by Gasteiger charge is -2.09. The molecule has 0 saturated carbocycles. The molecule has 0 saturated heterocycles. The first-order chi connectivity index (χ1) is 5.31. The van der Waals surface area contributed by atoms with Crippen LogP contribution in [0.1, 0.15) is 20.3 Å². The highest BCUT2D eigenvalue weighted by molar-refractivity contribution is 9.09. The van der Waals surface area contributed by atoms with E-state index >= 15 is 0 Å². The molecule has 0 aliphatic heterocycles. The van der Waals surface area contributed by atoms with Crippen molar-refractivity contribution in [3.05, 3.63) is 0 Å². The zero-order valence-corrected chi connectivity index (χ0v) is 9.80. The topological polar surface area (TPSA) is 12.0 Å². The van der Waals surface area contributed by atoms with Crippen molar-refractivity contribution in [1.29, 1.82) is 0 Å². The van der Waals surface area contributed by atoms with E-state index in [1.807, 2.05) is 11.8 Å². The molecule has 0 bridgehead atoms. The van der Waals surface area contributed by atoms with E-state index in [-0.39, 0.29) is 0 Å². The van der Waals surface area contributed by atoms with Gasteiger partial charge in [-0.1, -0.05) is 22.9 Å². The molecule has 1 nitrogen and oxygen atoms in total. The third-order valence-electron chi connectivity index (χ3n) is 1.39. The van der Waals surface area contributed by atoms with E-state index in [4.69, 9.17) is 0 Å². The predicted octanol–water partition coefficient (Wildman–Crippen LogP) is 2.50. The first-order valence-electron chi connectivity index (χ1n) is 4.18. The van der Waals surface area contributed by atoms with Gasteiger partial charge >= 0.3 is 0 Å². The lowest BCUT2D eigenvalue weighted by Crippen LogP contribution is -2.28. The normalized spacial score (nSPS) is 13.4. The minimum atomic E-state index is 0.613. The van der Waals surface area contributed by atoms with Gasteiger partial charge in [0.15, 0.2) is 0 Å². The van der Waals surface area contributed by atoms with Gasteiger partial charge < -0.3 is 5.32 Å². The molecule has 0 fully saturated rings. The Bertz CT molecular complexity index is 80.5. The van der Waals surface area contributed by atoms with Crippen LogP contribution in [0.5, 0.6) is 0 Å². The van der Waals surface area contributed by atoms with Crippen molar-refractivity contribution in [2.75, 3.05) is 23.4 Å². The number of halogens is 1.